The first-order valence-corrected chi connectivity index (χ1v) is 7.05. The zero-order chi connectivity index (χ0) is 14.6. The monoisotopic (exact) mass is 288 g/mol. The van der Waals surface area contributed by atoms with Crippen molar-refractivity contribution in [2.45, 2.75) is 0 Å². The van der Waals surface area contributed by atoms with Crippen LogP contribution in [-0.2, 0) is 10.0 Å². The maximum absolute atomic E-state index is 11.7. The molecule has 0 saturated heterocycles. The van der Waals surface area contributed by atoms with Gasteiger partial charge in [-0.05, 0) is 12.1 Å². The Balaban J connectivity index is 2.62. The molecule has 0 unspecified atom stereocenters. The number of hydrogen-bond donors (Lipinski definition) is 3. The Morgan fingerprint density at radius 3 is 2.21 bits per heavy atom. The lowest BCUT2D eigenvalue weighted by Crippen LogP contribution is -2.33. The number of hydrogen-bond acceptors (Lipinski definition) is 5. The molecule has 0 heterocycles. The Hall–Kier alpha value is -1.80. The van der Waals surface area contributed by atoms with Gasteiger partial charge in [0.25, 0.3) is 5.91 Å². The minimum absolute atomic E-state index is 0.0553. The van der Waals surface area contributed by atoms with Crippen LogP contribution in [-0.4, -0.2) is 55.2 Å². The lowest BCUT2D eigenvalue weighted by Gasteiger charge is -2.11. The fourth-order valence-corrected chi connectivity index (χ4v) is 2.03. The fourth-order valence-electron chi connectivity index (χ4n) is 1.30. The molecular formula is C11H16N2O5S. The number of amides is 1. The highest BCUT2D eigenvalue weighted by atomic mass is 32.2. The van der Waals surface area contributed by atoms with Crippen LogP contribution in [0.1, 0.15) is 10.4 Å². The third-order valence-electron chi connectivity index (χ3n) is 2.37. The molecule has 0 aliphatic carbocycles. The van der Waals surface area contributed by atoms with Crippen molar-refractivity contribution in [1.29, 1.82) is 0 Å². The lowest BCUT2D eigenvalue weighted by atomic mass is 10.2. The molecule has 1 amide bonds. The molecule has 0 atom stereocenters. The summed E-state index contributed by atoms with van der Waals surface area (Å²) in [5.74, 6) is -1.28. The Morgan fingerprint density at radius 2 is 1.74 bits per heavy atom. The summed E-state index contributed by atoms with van der Waals surface area (Å²) in [7, 11) is -0.558. The zero-order valence-electron chi connectivity index (χ0n) is 10.6. The summed E-state index contributed by atoms with van der Waals surface area (Å²) in [4.78, 5) is 11.7. The zero-order valence-corrected chi connectivity index (χ0v) is 11.4. The highest BCUT2D eigenvalue weighted by Gasteiger charge is 2.14. The van der Waals surface area contributed by atoms with Crippen LogP contribution in [0.15, 0.2) is 18.2 Å². The molecule has 1 rings (SSSR count). The molecule has 0 radical (unpaired) electrons. The molecule has 0 fully saturated rings. The predicted molar refractivity (Wildman–Crippen MR) is 69.6 cm³/mol. The molecule has 1 aromatic carbocycles. The highest BCUT2D eigenvalue weighted by molar-refractivity contribution is 7.89. The Labute approximate surface area is 111 Å². The first-order chi connectivity index (χ1) is 8.72. The van der Waals surface area contributed by atoms with Gasteiger partial charge in [-0.2, -0.15) is 0 Å². The molecule has 3 N–H and O–H groups in total. The molecule has 0 saturated carbocycles. The van der Waals surface area contributed by atoms with Crippen molar-refractivity contribution in [2.24, 2.45) is 0 Å². The van der Waals surface area contributed by atoms with Gasteiger partial charge in [0.05, 0.1) is 5.75 Å². The van der Waals surface area contributed by atoms with Crippen molar-refractivity contribution in [1.82, 2.24) is 9.62 Å². The second kappa shape index (κ2) is 5.89. The quantitative estimate of drug-likeness (QED) is 0.690. The van der Waals surface area contributed by atoms with Gasteiger partial charge >= 0.3 is 0 Å². The van der Waals surface area contributed by atoms with Gasteiger partial charge in [-0.1, -0.05) is 0 Å². The van der Waals surface area contributed by atoms with Crippen LogP contribution < -0.4 is 5.32 Å². The molecule has 0 spiro atoms. The van der Waals surface area contributed by atoms with Crippen LogP contribution in [0, 0.1) is 0 Å². The number of sulfonamides is 1. The van der Waals surface area contributed by atoms with E-state index in [4.69, 9.17) is 0 Å². The molecule has 19 heavy (non-hydrogen) atoms. The van der Waals surface area contributed by atoms with Gasteiger partial charge in [-0.15, -0.1) is 0 Å². The Bertz CT molecular complexity index is 548. The SMILES string of the molecule is CN(C)S(=O)(=O)CCNC(=O)c1cc(O)cc(O)c1. The third-order valence-corrected chi connectivity index (χ3v) is 4.20. The number of phenols is 2. The summed E-state index contributed by atoms with van der Waals surface area (Å²) in [6.45, 7) is -0.0598. The average molecular weight is 288 g/mol. The molecule has 8 heteroatoms. The normalized spacial score (nSPS) is 11.5. The summed E-state index contributed by atoms with van der Waals surface area (Å²) in [6, 6.07) is 3.44. The number of benzene rings is 1. The predicted octanol–water partition coefficient (Wildman–Crippen LogP) is -0.281. The van der Waals surface area contributed by atoms with E-state index < -0.39 is 15.9 Å². The van der Waals surface area contributed by atoms with Crippen molar-refractivity contribution in [2.75, 3.05) is 26.4 Å². The lowest BCUT2D eigenvalue weighted by molar-refractivity contribution is 0.0955. The summed E-state index contributed by atoms with van der Waals surface area (Å²) in [6.07, 6.45) is 0. The minimum Gasteiger partial charge on any atom is -0.508 e. The maximum Gasteiger partial charge on any atom is 0.251 e. The van der Waals surface area contributed by atoms with Crippen LogP contribution in [0.3, 0.4) is 0 Å². The number of carbonyl (C=O) groups is 1. The van der Waals surface area contributed by atoms with Crippen LogP contribution in [0.25, 0.3) is 0 Å². The van der Waals surface area contributed by atoms with E-state index in [2.05, 4.69) is 5.32 Å². The summed E-state index contributed by atoms with van der Waals surface area (Å²) in [5, 5.41) is 20.9. The fraction of sp³-hybridized carbons (Fsp3) is 0.364. The molecule has 0 aromatic heterocycles. The van der Waals surface area contributed by atoms with Crippen molar-refractivity contribution in [3.8, 4) is 11.5 Å². The molecule has 0 aliphatic heterocycles. The van der Waals surface area contributed by atoms with E-state index in [0.29, 0.717) is 0 Å². The molecule has 106 valence electrons. The average Bonchev–Trinajstić information content (AvgIpc) is 2.27. The van der Waals surface area contributed by atoms with E-state index >= 15 is 0 Å². The second-order valence-electron chi connectivity index (χ2n) is 4.09. The number of nitrogens with zero attached hydrogens (tertiary/aromatic N) is 1. The second-order valence-corrected chi connectivity index (χ2v) is 6.39. The van der Waals surface area contributed by atoms with Crippen LogP contribution in [0.5, 0.6) is 11.5 Å². The van der Waals surface area contributed by atoms with E-state index in [1.165, 1.54) is 26.2 Å². The number of rotatable bonds is 5. The molecule has 0 bridgehead atoms. The van der Waals surface area contributed by atoms with E-state index in [1.807, 2.05) is 0 Å². The topological polar surface area (TPSA) is 107 Å². The maximum atomic E-state index is 11.7. The van der Waals surface area contributed by atoms with Gasteiger partial charge in [0.2, 0.25) is 10.0 Å². The standard InChI is InChI=1S/C11H16N2O5S/c1-13(2)19(17,18)4-3-12-11(16)8-5-9(14)7-10(15)6-8/h5-7,14-15H,3-4H2,1-2H3,(H,12,16). The third kappa shape index (κ3) is 4.42. The summed E-state index contributed by atoms with van der Waals surface area (Å²) in [5.41, 5.74) is 0.0553. The number of phenolic OH excluding ortho intramolecular Hbond substituents is 2. The smallest absolute Gasteiger partial charge is 0.251 e. The number of nitrogens with one attached hydrogen (secondary N) is 1. The summed E-state index contributed by atoms with van der Waals surface area (Å²) >= 11 is 0. The van der Waals surface area contributed by atoms with Crippen LogP contribution in [0.4, 0.5) is 0 Å². The largest absolute Gasteiger partial charge is 0.508 e. The van der Waals surface area contributed by atoms with Crippen molar-refractivity contribution in [3.05, 3.63) is 23.8 Å². The van der Waals surface area contributed by atoms with Crippen molar-refractivity contribution < 1.29 is 23.4 Å². The first-order valence-electron chi connectivity index (χ1n) is 5.44. The molecule has 7 nitrogen and oxygen atoms in total. The van der Waals surface area contributed by atoms with E-state index in [1.54, 1.807) is 0 Å². The van der Waals surface area contributed by atoms with Crippen LogP contribution >= 0.6 is 0 Å². The Kier molecular flexibility index (Phi) is 4.73. The Morgan fingerprint density at radius 1 is 1.21 bits per heavy atom. The highest BCUT2D eigenvalue weighted by Crippen LogP contribution is 2.20. The van der Waals surface area contributed by atoms with Gasteiger partial charge in [0.15, 0.2) is 0 Å². The molecular weight excluding hydrogens is 272 g/mol. The van der Waals surface area contributed by atoms with Gasteiger partial charge in [0.1, 0.15) is 11.5 Å². The number of aromatic hydroxyl groups is 2. The van der Waals surface area contributed by atoms with Gasteiger partial charge in [-0.3, -0.25) is 4.79 Å². The van der Waals surface area contributed by atoms with Gasteiger partial charge in [-0.25, -0.2) is 12.7 Å². The van der Waals surface area contributed by atoms with E-state index in [-0.39, 0.29) is 29.4 Å². The van der Waals surface area contributed by atoms with Crippen LogP contribution in [0.2, 0.25) is 0 Å². The van der Waals surface area contributed by atoms with Crippen molar-refractivity contribution >= 4 is 15.9 Å². The molecule has 0 aliphatic rings. The van der Waals surface area contributed by atoms with E-state index in [0.717, 1.165) is 10.4 Å². The van der Waals surface area contributed by atoms with Crippen molar-refractivity contribution in [3.63, 3.8) is 0 Å². The number of carbonyl (C=O) groups excluding carboxylic acids is 1. The summed E-state index contributed by atoms with van der Waals surface area (Å²) < 4.78 is 24.0. The minimum atomic E-state index is -3.37. The first kappa shape index (κ1) is 15.3. The molecule has 1 aromatic rings. The van der Waals surface area contributed by atoms with Gasteiger partial charge < -0.3 is 15.5 Å². The van der Waals surface area contributed by atoms with Gasteiger partial charge in [0, 0.05) is 32.3 Å². The van der Waals surface area contributed by atoms with E-state index in [9.17, 15) is 23.4 Å².